The number of nitrogens with one attached hydrogen (secondary N) is 1. The molecule has 3 aromatic rings. The van der Waals surface area contributed by atoms with Crippen LogP contribution in [0.3, 0.4) is 0 Å². The molecule has 2 unspecified atom stereocenters. The number of fused-ring (bicyclic) bond motifs is 1. The second-order valence-corrected chi connectivity index (χ2v) is 10.7. The van der Waals surface area contributed by atoms with E-state index in [1.54, 1.807) is 6.20 Å². The quantitative estimate of drug-likeness (QED) is 0.700. The van der Waals surface area contributed by atoms with Gasteiger partial charge < -0.3 is 9.64 Å². The lowest BCUT2D eigenvalue weighted by molar-refractivity contribution is 0.0986. The Hall–Kier alpha value is -2.32. The van der Waals surface area contributed by atoms with Crippen LogP contribution in [0, 0.1) is 0 Å². The number of hydrogen-bond acceptors (Lipinski definition) is 6. The highest BCUT2D eigenvalue weighted by Crippen LogP contribution is 2.35. The first kappa shape index (κ1) is 20.0. The van der Waals surface area contributed by atoms with Gasteiger partial charge in [0, 0.05) is 35.1 Å². The zero-order chi connectivity index (χ0) is 20.6. The highest BCUT2D eigenvalue weighted by atomic mass is 32.2. The summed E-state index contributed by atoms with van der Waals surface area (Å²) in [6.45, 7) is 11.1. The molecule has 0 aliphatic carbocycles. The van der Waals surface area contributed by atoms with Crippen molar-refractivity contribution in [2.45, 2.75) is 38.5 Å². The van der Waals surface area contributed by atoms with Gasteiger partial charge in [-0.1, -0.05) is 31.5 Å². The van der Waals surface area contributed by atoms with Gasteiger partial charge >= 0.3 is 0 Å². The molecule has 2 atom stereocenters. The van der Waals surface area contributed by atoms with Crippen LogP contribution in [0.15, 0.2) is 35.0 Å². The fraction of sp³-hybridized carbons (Fsp3) is 0.476. The van der Waals surface area contributed by atoms with Crippen LogP contribution >= 0.6 is 0 Å². The number of rotatable bonds is 3. The van der Waals surface area contributed by atoms with Gasteiger partial charge in [-0.2, -0.15) is 5.10 Å². The van der Waals surface area contributed by atoms with Crippen LogP contribution in [0.1, 0.15) is 27.7 Å². The first-order valence-corrected chi connectivity index (χ1v) is 11.5. The number of aromatic nitrogens is 4. The van der Waals surface area contributed by atoms with Gasteiger partial charge in [-0.3, -0.25) is 10.1 Å². The highest BCUT2D eigenvalue weighted by Gasteiger charge is 2.23. The van der Waals surface area contributed by atoms with Gasteiger partial charge in [0.1, 0.15) is 17.0 Å². The van der Waals surface area contributed by atoms with Gasteiger partial charge in [0.05, 0.1) is 30.6 Å². The van der Waals surface area contributed by atoms with Crippen molar-refractivity contribution in [2.24, 2.45) is 4.36 Å². The molecule has 8 heteroatoms. The largest absolute Gasteiger partial charge is 0.377 e. The van der Waals surface area contributed by atoms with Crippen LogP contribution in [0.2, 0.25) is 0 Å². The van der Waals surface area contributed by atoms with Crippen LogP contribution in [0.25, 0.3) is 22.3 Å². The molecule has 1 fully saturated rings. The molecular weight excluding hydrogens is 384 g/mol. The normalized spacial score (nSPS) is 19.1. The summed E-state index contributed by atoms with van der Waals surface area (Å²) in [6.07, 6.45) is 5.75. The molecule has 7 nitrogen and oxygen atoms in total. The zero-order valence-corrected chi connectivity index (χ0v) is 18.5. The summed E-state index contributed by atoms with van der Waals surface area (Å²) in [5.41, 5.74) is 3.46. The van der Waals surface area contributed by atoms with Crippen LogP contribution in [-0.4, -0.2) is 57.0 Å². The van der Waals surface area contributed by atoms with Crippen molar-refractivity contribution in [2.75, 3.05) is 30.9 Å². The average molecular weight is 413 g/mol. The van der Waals surface area contributed by atoms with Crippen molar-refractivity contribution in [3.05, 3.63) is 30.6 Å². The molecule has 0 amide bonds. The standard InChI is InChI=1S/C21H28N6OS/c1-14-13-28-11-10-27(14)18-12-17(26-29(5)21(2,3)4)15-6-8-22-20(19(15)24-18)16-7-9-23-25-16/h6-9,12,14H,10-11,13H2,1-5H3,(H,23,25). The third-order valence-corrected chi connectivity index (χ3v) is 7.47. The van der Waals surface area contributed by atoms with Crippen LogP contribution in [0.5, 0.6) is 0 Å². The van der Waals surface area contributed by atoms with E-state index in [1.807, 2.05) is 18.3 Å². The number of pyridine rings is 2. The molecule has 0 bridgehead atoms. The van der Waals surface area contributed by atoms with Gasteiger partial charge in [0.2, 0.25) is 0 Å². The minimum atomic E-state index is -0.146. The topological polar surface area (TPSA) is 79.3 Å². The molecule has 0 saturated carbocycles. The summed E-state index contributed by atoms with van der Waals surface area (Å²) >= 11 is 0. The van der Waals surface area contributed by atoms with Crippen LogP contribution in [-0.2, 0) is 15.4 Å². The van der Waals surface area contributed by atoms with E-state index in [1.165, 1.54) is 0 Å². The minimum Gasteiger partial charge on any atom is -0.377 e. The molecule has 0 aromatic carbocycles. The molecule has 1 aliphatic heterocycles. The van der Waals surface area contributed by atoms with Crippen molar-refractivity contribution in [3.8, 4) is 11.4 Å². The SMILES string of the molecule is CC1COCCN1c1cc(N=S(C)C(C)(C)C)c2ccnc(-c3ccn[nH]3)c2n1. The Morgan fingerprint density at radius 1 is 1.28 bits per heavy atom. The van der Waals surface area contributed by atoms with E-state index in [-0.39, 0.29) is 21.5 Å². The lowest BCUT2D eigenvalue weighted by Crippen LogP contribution is -2.44. The monoisotopic (exact) mass is 412 g/mol. The van der Waals surface area contributed by atoms with Crippen molar-refractivity contribution >= 4 is 33.1 Å². The number of H-pyrrole nitrogens is 1. The van der Waals surface area contributed by atoms with Gasteiger partial charge in [0.25, 0.3) is 0 Å². The third kappa shape index (κ3) is 4.04. The molecule has 1 N–H and O–H groups in total. The van der Waals surface area contributed by atoms with E-state index in [0.29, 0.717) is 13.2 Å². The summed E-state index contributed by atoms with van der Waals surface area (Å²) in [6, 6.07) is 6.31. The summed E-state index contributed by atoms with van der Waals surface area (Å²) in [7, 11) is -0.146. The molecule has 4 heterocycles. The zero-order valence-electron chi connectivity index (χ0n) is 17.6. The molecule has 0 radical (unpaired) electrons. The highest BCUT2D eigenvalue weighted by molar-refractivity contribution is 7.88. The van der Waals surface area contributed by atoms with Crippen LogP contribution in [0.4, 0.5) is 11.5 Å². The van der Waals surface area contributed by atoms with Crippen molar-refractivity contribution in [1.29, 1.82) is 0 Å². The summed E-state index contributed by atoms with van der Waals surface area (Å²) in [5.74, 6) is 0.923. The number of aromatic amines is 1. The Labute approximate surface area is 174 Å². The first-order chi connectivity index (χ1) is 13.8. The fourth-order valence-corrected chi connectivity index (χ4v) is 4.00. The van der Waals surface area contributed by atoms with Gasteiger partial charge in [-0.15, -0.1) is 0 Å². The maximum absolute atomic E-state index is 5.63. The summed E-state index contributed by atoms with van der Waals surface area (Å²) in [4.78, 5) is 11.9. The molecule has 3 aromatic heterocycles. The van der Waals surface area contributed by atoms with Crippen molar-refractivity contribution in [3.63, 3.8) is 0 Å². The predicted octanol–water partition coefficient (Wildman–Crippen LogP) is 4.11. The second-order valence-electron chi connectivity index (χ2n) is 8.32. The number of ether oxygens (including phenoxy) is 1. The fourth-order valence-electron chi connectivity index (χ4n) is 3.28. The van der Waals surface area contributed by atoms with Crippen molar-refractivity contribution in [1.82, 2.24) is 20.2 Å². The third-order valence-electron chi connectivity index (χ3n) is 5.23. The molecule has 29 heavy (non-hydrogen) atoms. The Bertz CT molecular complexity index is 1040. The van der Waals surface area contributed by atoms with E-state index in [9.17, 15) is 0 Å². The Morgan fingerprint density at radius 2 is 2.10 bits per heavy atom. The van der Waals surface area contributed by atoms with E-state index in [4.69, 9.17) is 14.1 Å². The average Bonchev–Trinajstić information content (AvgIpc) is 3.21. The van der Waals surface area contributed by atoms with Crippen LogP contribution < -0.4 is 4.90 Å². The minimum absolute atomic E-state index is 0.0985. The van der Waals surface area contributed by atoms with Crippen molar-refractivity contribution < 1.29 is 4.74 Å². The lowest BCUT2D eigenvalue weighted by atomic mass is 10.1. The smallest absolute Gasteiger partial charge is 0.131 e. The van der Waals surface area contributed by atoms with E-state index in [0.717, 1.165) is 40.3 Å². The number of morpholine rings is 1. The summed E-state index contributed by atoms with van der Waals surface area (Å²) < 4.78 is 10.9. The van der Waals surface area contributed by atoms with E-state index >= 15 is 0 Å². The maximum Gasteiger partial charge on any atom is 0.131 e. The lowest BCUT2D eigenvalue weighted by Gasteiger charge is -2.34. The number of anilines is 1. The van der Waals surface area contributed by atoms with Gasteiger partial charge in [-0.25, -0.2) is 9.35 Å². The Kier molecular flexibility index (Phi) is 5.40. The molecule has 154 valence electrons. The Morgan fingerprint density at radius 3 is 2.79 bits per heavy atom. The first-order valence-electron chi connectivity index (χ1n) is 9.86. The second kappa shape index (κ2) is 7.84. The molecule has 4 rings (SSSR count). The van der Waals surface area contributed by atoms with E-state index < -0.39 is 0 Å². The predicted molar refractivity (Wildman–Crippen MR) is 120 cm³/mol. The van der Waals surface area contributed by atoms with Gasteiger partial charge in [-0.05, 0) is 25.3 Å². The Balaban J connectivity index is 1.96. The molecule has 1 aliphatic rings. The number of nitrogens with zero attached hydrogens (tertiary/aromatic N) is 5. The maximum atomic E-state index is 5.63. The van der Waals surface area contributed by atoms with Gasteiger partial charge in [0.15, 0.2) is 0 Å². The molecule has 0 spiro atoms. The number of hydrogen-bond donors (Lipinski definition) is 1. The van der Waals surface area contributed by atoms with E-state index in [2.05, 4.69) is 60.1 Å². The summed E-state index contributed by atoms with van der Waals surface area (Å²) in [5, 5.41) is 8.13. The molecular formula is C21H28N6OS. The molecule has 1 saturated heterocycles.